The molecule has 0 amide bonds. The Balaban J connectivity index is 2.18. The van der Waals surface area contributed by atoms with E-state index in [1.165, 1.54) is 0 Å². The highest BCUT2D eigenvalue weighted by atomic mass is 35.5. The number of benzene rings is 1. The van der Waals surface area contributed by atoms with Crippen molar-refractivity contribution in [3.8, 4) is 11.5 Å². The van der Waals surface area contributed by atoms with E-state index in [1.807, 2.05) is 0 Å². The number of carbonyl (C=O) groups excluding carboxylic acids is 1. The third-order valence-corrected chi connectivity index (χ3v) is 3.23. The van der Waals surface area contributed by atoms with Gasteiger partial charge in [0, 0.05) is 12.5 Å². The first-order valence-corrected chi connectivity index (χ1v) is 7.00. The summed E-state index contributed by atoms with van der Waals surface area (Å²) < 4.78 is 16.0. The molecule has 2 N–H and O–H groups in total. The van der Waals surface area contributed by atoms with Crippen molar-refractivity contribution in [3.05, 3.63) is 22.7 Å². The van der Waals surface area contributed by atoms with Crippen LogP contribution in [-0.2, 0) is 9.53 Å². The van der Waals surface area contributed by atoms with Crippen LogP contribution >= 0.6 is 11.6 Å². The maximum Gasteiger partial charge on any atom is 0.307 e. The van der Waals surface area contributed by atoms with E-state index in [0.717, 1.165) is 12.0 Å². The lowest BCUT2D eigenvalue weighted by atomic mass is 10.0. The fourth-order valence-electron chi connectivity index (χ4n) is 1.98. The summed E-state index contributed by atoms with van der Waals surface area (Å²) in [6.07, 6.45) is 0.902. The molecule has 0 saturated heterocycles. The third-order valence-electron chi connectivity index (χ3n) is 2.94. The quantitative estimate of drug-likeness (QED) is 0.865. The van der Waals surface area contributed by atoms with E-state index in [9.17, 15) is 4.79 Å². The molecule has 110 valence electrons. The van der Waals surface area contributed by atoms with Gasteiger partial charge in [-0.2, -0.15) is 0 Å². The Morgan fingerprint density at radius 2 is 2.20 bits per heavy atom. The summed E-state index contributed by atoms with van der Waals surface area (Å²) in [5, 5.41) is 0.443. The molecule has 0 bridgehead atoms. The van der Waals surface area contributed by atoms with Crippen LogP contribution in [0.25, 0.3) is 0 Å². The summed E-state index contributed by atoms with van der Waals surface area (Å²) >= 11 is 6.18. The van der Waals surface area contributed by atoms with Crippen molar-refractivity contribution in [3.63, 3.8) is 0 Å². The van der Waals surface area contributed by atoms with Gasteiger partial charge >= 0.3 is 5.97 Å². The minimum atomic E-state index is -0.483. The number of hydrogen-bond donors (Lipinski definition) is 1. The van der Waals surface area contributed by atoms with Crippen molar-refractivity contribution in [1.82, 2.24) is 0 Å². The second kappa shape index (κ2) is 6.81. The van der Waals surface area contributed by atoms with E-state index in [0.29, 0.717) is 36.3 Å². The van der Waals surface area contributed by atoms with Crippen LogP contribution in [0.5, 0.6) is 11.5 Å². The van der Waals surface area contributed by atoms with Crippen molar-refractivity contribution in [1.29, 1.82) is 0 Å². The molecular weight excluding hydrogens is 282 g/mol. The molecule has 1 aromatic carbocycles. The van der Waals surface area contributed by atoms with Gasteiger partial charge in [-0.25, -0.2) is 0 Å². The molecule has 0 fully saturated rings. The molecule has 1 atom stereocenters. The molecular formula is C14H18ClNO4. The predicted molar refractivity (Wildman–Crippen MR) is 75.2 cm³/mol. The Morgan fingerprint density at radius 3 is 2.95 bits per heavy atom. The summed E-state index contributed by atoms with van der Waals surface area (Å²) in [5.41, 5.74) is 6.74. The molecule has 20 heavy (non-hydrogen) atoms. The number of fused-ring (bicyclic) bond motifs is 1. The van der Waals surface area contributed by atoms with Crippen LogP contribution in [-0.4, -0.2) is 25.8 Å². The minimum Gasteiger partial charge on any atom is -0.489 e. The number of hydrogen-bond acceptors (Lipinski definition) is 5. The van der Waals surface area contributed by atoms with Gasteiger partial charge in [0.05, 0.1) is 31.3 Å². The van der Waals surface area contributed by atoms with E-state index in [-0.39, 0.29) is 12.4 Å². The van der Waals surface area contributed by atoms with Gasteiger partial charge in [-0.1, -0.05) is 11.6 Å². The van der Waals surface area contributed by atoms with Gasteiger partial charge < -0.3 is 19.9 Å². The van der Waals surface area contributed by atoms with E-state index in [4.69, 9.17) is 31.5 Å². The molecule has 0 aliphatic carbocycles. The second-order valence-corrected chi connectivity index (χ2v) is 4.90. The number of rotatable bonds is 4. The fourth-order valence-corrected chi connectivity index (χ4v) is 2.26. The van der Waals surface area contributed by atoms with E-state index < -0.39 is 6.04 Å². The molecule has 1 heterocycles. The van der Waals surface area contributed by atoms with Crippen LogP contribution < -0.4 is 15.2 Å². The molecule has 1 unspecified atom stereocenters. The number of carbonyl (C=O) groups is 1. The average Bonchev–Trinajstić information content (AvgIpc) is 2.64. The lowest BCUT2D eigenvalue weighted by Gasteiger charge is -2.15. The van der Waals surface area contributed by atoms with Crippen LogP contribution in [0.15, 0.2) is 12.1 Å². The lowest BCUT2D eigenvalue weighted by Crippen LogP contribution is -2.17. The summed E-state index contributed by atoms with van der Waals surface area (Å²) in [7, 11) is 0. The smallest absolute Gasteiger partial charge is 0.307 e. The summed E-state index contributed by atoms with van der Waals surface area (Å²) in [6, 6.07) is 3.00. The molecule has 1 aromatic rings. The van der Waals surface area contributed by atoms with Crippen molar-refractivity contribution in [2.45, 2.75) is 25.8 Å². The zero-order valence-corrected chi connectivity index (χ0v) is 12.1. The average molecular weight is 300 g/mol. The first-order valence-electron chi connectivity index (χ1n) is 6.62. The van der Waals surface area contributed by atoms with Crippen LogP contribution in [0.1, 0.15) is 31.4 Å². The van der Waals surface area contributed by atoms with Crippen molar-refractivity contribution >= 4 is 17.6 Å². The Bertz CT molecular complexity index is 492. The van der Waals surface area contributed by atoms with Gasteiger partial charge in [0.15, 0.2) is 11.5 Å². The van der Waals surface area contributed by atoms with E-state index in [1.54, 1.807) is 19.1 Å². The SMILES string of the molecule is CCOC(=O)CC(N)c1cc(Cl)c2c(c1)OCCCO2. The van der Waals surface area contributed by atoms with Crippen LogP contribution in [0.3, 0.4) is 0 Å². The van der Waals surface area contributed by atoms with E-state index in [2.05, 4.69) is 0 Å². The highest BCUT2D eigenvalue weighted by Gasteiger charge is 2.19. The Kier molecular flexibility index (Phi) is 5.09. The standard InChI is InChI=1S/C14H18ClNO4/c1-2-18-13(17)8-11(16)9-6-10(15)14-12(7-9)19-4-3-5-20-14/h6-7,11H,2-5,8,16H2,1H3. The Labute approximate surface area is 122 Å². The molecule has 5 nitrogen and oxygen atoms in total. The normalized spacial score (nSPS) is 15.3. The monoisotopic (exact) mass is 299 g/mol. The molecule has 0 radical (unpaired) electrons. The van der Waals surface area contributed by atoms with Gasteiger partial charge in [0.2, 0.25) is 0 Å². The van der Waals surface area contributed by atoms with Gasteiger partial charge in [-0.15, -0.1) is 0 Å². The van der Waals surface area contributed by atoms with Crippen molar-refractivity contribution in [2.24, 2.45) is 5.73 Å². The van der Waals surface area contributed by atoms with E-state index >= 15 is 0 Å². The summed E-state index contributed by atoms with van der Waals surface area (Å²) in [4.78, 5) is 11.5. The first-order chi connectivity index (χ1) is 9.61. The highest BCUT2D eigenvalue weighted by Crippen LogP contribution is 2.39. The third kappa shape index (κ3) is 3.55. The first kappa shape index (κ1) is 14.9. The van der Waals surface area contributed by atoms with Gasteiger partial charge in [-0.05, 0) is 24.6 Å². The van der Waals surface area contributed by atoms with Gasteiger partial charge in [0.1, 0.15) is 0 Å². The second-order valence-electron chi connectivity index (χ2n) is 4.50. The molecule has 0 spiro atoms. The minimum absolute atomic E-state index is 0.101. The molecule has 2 rings (SSSR count). The maximum absolute atomic E-state index is 11.5. The number of halogens is 1. The van der Waals surface area contributed by atoms with Crippen molar-refractivity contribution in [2.75, 3.05) is 19.8 Å². The van der Waals surface area contributed by atoms with Crippen molar-refractivity contribution < 1.29 is 19.0 Å². The highest BCUT2D eigenvalue weighted by molar-refractivity contribution is 6.32. The lowest BCUT2D eigenvalue weighted by molar-refractivity contribution is -0.143. The van der Waals surface area contributed by atoms with Crippen LogP contribution in [0, 0.1) is 0 Å². The predicted octanol–water partition coefficient (Wildman–Crippen LogP) is 2.45. The van der Waals surface area contributed by atoms with Crippen LogP contribution in [0.2, 0.25) is 5.02 Å². The zero-order valence-electron chi connectivity index (χ0n) is 11.4. The van der Waals surface area contributed by atoms with Gasteiger partial charge in [0.25, 0.3) is 0 Å². The summed E-state index contributed by atoms with van der Waals surface area (Å²) in [5.74, 6) is 0.781. The Morgan fingerprint density at radius 1 is 1.45 bits per heavy atom. The molecule has 0 saturated carbocycles. The van der Waals surface area contributed by atoms with Gasteiger partial charge in [-0.3, -0.25) is 4.79 Å². The number of ether oxygens (including phenoxy) is 3. The maximum atomic E-state index is 11.5. The topological polar surface area (TPSA) is 70.8 Å². The largest absolute Gasteiger partial charge is 0.489 e. The molecule has 6 heteroatoms. The Hall–Kier alpha value is -1.46. The zero-order chi connectivity index (χ0) is 14.5. The van der Waals surface area contributed by atoms with Crippen LogP contribution in [0.4, 0.5) is 0 Å². The molecule has 1 aliphatic rings. The fraction of sp³-hybridized carbons (Fsp3) is 0.500. The number of esters is 1. The summed E-state index contributed by atoms with van der Waals surface area (Å²) in [6.45, 7) is 3.24. The molecule has 1 aliphatic heterocycles. The molecule has 0 aromatic heterocycles. The number of nitrogens with two attached hydrogens (primary N) is 1.